The van der Waals surface area contributed by atoms with Crippen LogP contribution in [0.2, 0.25) is 0 Å². The highest BCUT2D eigenvalue weighted by Gasteiger charge is 2.35. The standard InChI is InChI=1S/C19H30BO3S.C8H18.C2H6/c1-6-7-14(13-21)12-17(24)15-8-10-16(11-9-15)20-23-19(4,5)18(2,3)22;1-7(2,3)8(4,5)6;1-2/h8-12,17,21-22,24H,6-7,13H2,1-5H3;1-6H3;1-2H3/b14-12+;;. The molecule has 0 saturated carbocycles. The molecule has 0 aliphatic rings. The Morgan fingerprint density at radius 2 is 1.38 bits per heavy atom. The van der Waals surface area contributed by atoms with Gasteiger partial charge in [-0.1, -0.05) is 105 Å². The number of aliphatic hydroxyl groups is 2. The zero-order valence-electron chi connectivity index (χ0n) is 24.4. The van der Waals surface area contributed by atoms with Crippen LogP contribution in [0.15, 0.2) is 35.9 Å². The van der Waals surface area contributed by atoms with Gasteiger partial charge >= 0.3 is 7.48 Å². The average molecular weight is 494 g/mol. The molecule has 197 valence electrons. The molecule has 0 aliphatic heterocycles. The minimum atomic E-state index is -0.940. The molecule has 1 unspecified atom stereocenters. The second kappa shape index (κ2) is 15.4. The van der Waals surface area contributed by atoms with E-state index in [0.29, 0.717) is 10.8 Å². The fraction of sp³-hybridized carbons (Fsp3) is 0.724. The van der Waals surface area contributed by atoms with E-state index >= 15 is 0 Å². The minimum Gasteiger partial charge on any atom is -0.427 e. The fourth-order valence-corrected chi connectivity index (χ4v) is 2.37. The van der Waals surface area contributed by atoms with Gasteiger partial charge in [-0.2, -0.15) is 12.6 Å². The lowest BCUT2D eigenvalue weighted by atomic mass is 9.71. The molecule has 1 rings (SSSR count). The summed E-state index contributed by atoms with van der Waals surface area (Å²) in [5.74, 6) is 0. The third kappa shape index (κ3) is 13.4. The first kappa shape index (κ1) is 35.4. The van der Waals surface area contributed by atoms with Crippen LogP contribution in [0.4, 0.5) is 0 Å². The lowest BCUT2D eigenvalue weighted by molar-refractivity contribution is -0.0893. The first-order valence-corrected chi connectivity index (χ1v) is 13.2. The zero-order valence-corrected chi connectivity index (χ0v) is 25.3. The topological polar surface area (TPSA) is 49.7 Å². The molecule has 0 bridgehead atoms. The maximum Gasteiger partial charge on any atom is 0.330 e. The van der Waals surface area contributed by atoms with Crippen LogP contribution in [-0.4, -0.2) is 35.5 Å². The second-order valence-corrected chi connectivity index (χ2v) is 12.2. The van der Waals surface area contributed by atoms with Crippen molar-refractivity contribution < 1.29 is 14.9 Å². The van der Waals surface area contributed by atoms with Crippen LogP contribution < -0.4 is 5.46 Å². The molecule has 0 aliphatic carbocycles. The summed E-state index contributed by atoms with van der Waals surface area (Å²) in [4.78, 5) is 0. The van der Waals surface area contributed by atoms with Gasteiger partial charge in [0, 0.05) is 5.25 Å². The maximum atomic E-state index is 10.1. The monoisotopic (exact) mass is 493 g/mol. The highest BCUT2D eigenvalue weighted by Crippen LogP contribution is 2.36. The van der Waals surface area contributed by atoms with Crippen molar-refractivity contribution in [2.75, 3.05) is 6.61 Å². The van der Waals surface area contributed by atoms with E-state index in [1.165, 1.54) is 0 Å². The molecule has 0 fully saturated rings. The number of aliphatic hydroxyl groups excluding tert-OH is 1. The van der Waals surface area contributed by atoms with E-state index < -0.39 is 11.2 Å². The van der Waals surface area contributed by atoms with Gasteiger partial charge in [0.1, 0.15) is 0 Å². The van der Waals surface area contributed by atoms with E-state index in [1.54, 1.807) is 21.3 Å². The van der Waals surface area contributed by atoms with Gasteiger partial charge in [-0.3, -0.25) is 0 Å². The third-order valence-electron chi connectivity index (χ3n) is 6.66. The predicted octanol–water partition coefficient (Wildman–Crippen LogP) is 7.29. The largest absolute Gasteiger partial charge is 0.427 e. The Hall–Kier alpha value is -0.745. The van der Waals surface area contributed by atoms with Crippen LogP contribution >= 0.6 is 12.6 Å². The number of thiol groups is 1. The van der Waals surface area contributed by atoms with Crippen molar-refractivity contribution in [1.82, 2.24) is 0 Å². The van der Waals surface area contributed by atoms with Crippen molar-refractivity contribution in [3.05, 3.63) is 41.5 Å². The summed E-state index contributed by atoms with van der Waals surface area (Å²) in [5, 5.41) is 19.4. The average Bonchev–Trinajstić information content (AvgIpc) is 2.72. The summed E-state index contributed by atoms with van der Waals surface area (Å²) >= 11 is 4.61. The van der Waals surface area contributed by atoms with E-state index in [4.69, 9.17) is 4.65 Å². The van der Waals surface area contributed by atoms with Crippen molar-refractivity contribution in [2.24, 2.45) is 10.8 Å². The van der Waals surface area contributed by atoms with Crippen molar-refractivity contribution in [2.45, 2.75) is 119 Å². The molecule has 0 heterocycles. The smallest absolute Gasteiger partial charge is 0.330 e. The van der Waals surface area contributed by atoms with E-state index in [1.807, 2.05) is 58.0 Å². The second-order valence-electron chi connectivity index (χ2n) is 11.6. The van der Waals surface area contributed by atoms with Gasteiger partial charge in [0.25, 0.3) is 0 Å². The lowest BCUT2D eigenvalue weighted by Gasteiger charge is -2.37. The summed E-state index contributed by atoms with van der Waals surface area (Å²) in [6, 6.07) is 7.93. The molecule has 34 heavy (non-hydrogen) atoms. The highest BCUT2D eigenvalue weighted by atomic mass is 32.1. The molecule has 0 saturated heterocycles. The van der Waals surface area contributed by atoms with Crippen LogP contribution in [0.25, 0.3) is 0 Å². The van der Waals surface area contributed by atoms with Gasteiger partial charge in [0.05, 0.1) is 17.8 Å². The van der Waals surface area contributed by atoms with Crippen LogP contribution in [0.5, 0.6) is 0 Å². The molecule has 0 aromatic heterocycles. The third-order valence-corrected chi connectivity index (χ3v) is 7.11. The molecular weight excluding hydrogens is 439 g/mol. The van der Waals surface area contributed by atoms with Gasteiger partial charge < -0.3 is 14.9 Å². The van der Waals surface area contributed by atoms with E-state index in [9.17, 15) is 10.2 Å². The molecule has 1 atom stereocenters. The summed E-state index contributed by atoms with van der Waals surface area (Å²) in [5.41, 5.74) is 2.26. The van der Waals surface area contributed by atoms with Gasteiger partial charge in [-0.25, -0.2) is 0 Å². The Morgan fingerprint density at radius 1 is 0.941 bits per heavy atom. The molecule has 1 aromatic carbocycles. The van der Waals surface area contributed by atoms with Crippen LogP contribution in [0, 0.1) is 10.8 Å². The molecule has 1 radical (unpaired) electrons. The Labute approximate surface area is 218 Å². The van der Waals surface area contributed by atoms with E-state index in [2.05, 4.69) is 61.1 Å². The summed E-state index contributed by atoms with van der Waals surface area (Å²) in [7, 11) is 1.67. The lowest BCUT2D eigenvalue weighted by Crippen LogP contribution is -2.49. The predicted molar refractivity (Wildman–Crippen MR) is 155 cm³/mol. The Balaban J connectivity index is 0. The van der Waals surface area contributed by atoms with Gasteiger partial charge in [-0.15, -0.1) is 0 Å². The Bertz CT molecular complexity index is 678. The molecule has 0 amide bonds. The summed E-state index contributed by atoms with van der Waals surface area (Å²) in [6.07, 6.45) is 3.91. The zero-order chi connectivity index (χ0) is 27.4. The van der Waals surface area contributed by atoms with Gasteiger partial charge in [0.15, 0.2) is 0 Å². The van der Waals surface area contributed by atoms with Crippen molar-refractivity contribution >= 4 is 25.6 Å². The van der Waals surface area contributed by atoms with Gasteiger partial charge in [0.2, 0.25) is 0 Å². The molecule has 3 nitrogen and oxygen atoms in total. The van der Waals surface area contributed by atoms with Crippen LogP contribution in [0.1, 0.15) is 114 Å². The quantitative estimate of drug-likeness (QED) is 0.192. The molecule has 2 N–H and O–H groups in total. The molecule has 1 aromatic rings. The summed E-state index contributed by atoms with van der Waals surface area (Å²) in [6.45, 7) is 27.0. The Kier molecular flexibility index (Phi) is 16.0. The highest BCUT2D eigenvalue weighted by molar-refractivity contribution is 7.80. The van der Waals surface area contributed by atoms with Crippen molar-refractivity contribution in [3.8, 4) is 0 Å². The fourth-order valence-electron chi connectivity index (χ4n) is 1.99. The first-order chi connectivity index (χ1) is 15.4. The number of benzene rings is 1. The Morgan fingerprint density at radius 3 is 1.71 bits per heavy atom. The van der Waals surface area contributed by atoms with Gasteiger partial charge in [-0.05, 0) is 56.1 Å². The summed E-state index contributed by atoms with van der Waals surface area (Å²) < 4.78 is 5.76. The number of hydrogen-bond donors (Lipinski definition) is 3. The first-order valence-electron chi connectivity index (χ1n) is 12.7. The van der Waals surface area contributed by atoms with E-state index in [-0.39, 0.29) is 11.9 Å². The number of rotatable bonds is 9. The minimum absolute atomic E-state index is 0.0403. The van der Waals surface area contributed by atoms with Crippen LogP contribution in [0.3, 0.4) is 0 Å². The number of hydrogen-bond acceptors (Lipinski definition) is 4. The van der Waals surface area contributed by atoms with Crippen LogP contribution in [-0.2, 0) is 4.65 Å². The van der Waals surface area contributed by atoms with Crippen molar-refractivity contribution in [3.63, 3.8) is 0 Å². The normalized spacial score (nSPS) is 13.8. The molecule has 5 heteroatoms. The van der Waals surface area contributed by atoms with Crippen molar-refractivity contribution in [1.29, 1.82) is 0 Å². The molecular formula is C29H54BO3S. The van der Waals surface area contributed by atoms with E-state index in [0.717, 1.165) is 29.4 Å². The SMILES string of the molecule is CC.CC(C)(C)C(C)(C)C.CCC/C(=C\C(S)c1ccc([B]OC(C)(C)C(C)(C)O)cc1)CO. The maximum absolute atomic E-state index is 10.1. The molecule has 0 spiro atoms.